The molecule has 0 radical (unpaired) electrons. The summed E-state index contributed by atoms with van der Waals surface area (Å²) in [6.07, 6.45) is 1.40. The number of hydrogen-bond acceptors (Lipinski definition) is 5. The Kier molecular flexibility index (Phi) is 4.84. The van der Waals surface area contributed by atoms with Crippen LogP contribution >= 0.6 is 0 Å². The summed E-state index contributed by atoms with van der Waals surface area (Å²) in [7, 11) is 0. The van der Waals surface area contributed by atoms with Crippen LogP contribution in [0, 0.1) is 0 Å². The molecule has 25 heavy (non-hydrogen) atoms. The Bertz CT molecular complexity index is 873. The minimum absolute atomic E-state index is 0.193. The first kappa shape index (κ1) is 16.4. The molecule has 1 amide bonds. The molecular weight excluding hydrogens is 320 g/mol. The topological polar surface area (TPSA) is 86.1 Å². The molecule has 0 bridgehead atoms. The number of ether oxygens (including phenoxy) is 1. The van der Waals surface area contributed by atoms with Gasteiger partial charge in [-0.15, -0.1) is 5.10 Å². The molecule has 126 valence electrons. The van der Waals surface area contributed by atoms with Crippen molar-refractivity contribution in [2.75, 3.05) is 11.9 Å². The summed E-state index contributed by atoms with van der Waals surface area (Å²) in [5, 5.41) is 11.0. The lowest BCUT2D eigenvalue weighted by atomic mass is 10.2. The van der Waals surface area contributed by atoms with E-state index in [9.17, 15) is 9.59 Å². The van der Waals surface area contributed by atoms with Crippen molar-refractivity contribution < 1.29 is 14.3 Å². The van der Waals surface area contributed by atoms with E-state index in [0.29, 0.717) is 17.9 Å². The molecule has 3 rings (SSSR count). The van der Waals surface area contributed by atoms with Gasteiger partial charge in [0, 0.05) is 5.69 Å². The molecule has 0 aliphatic rings. The fourth-order valence-electron chi connectivity index (χ4n) is 2.15. The predicted octanol–water partition coefficient (Wildman–Crippen LogP) is 2.70. The summed E-state index contributed by atoms with van der Waals surface area (Å²) in [6, 6.07) is 15.7. The maximum absolute atomic E-state index is 12.3. The Morgan fingerprint density at radius 2 is 1.80 bits per heavy atom. The van der Waals surface area contributed by atoms with Crippen LogP contribution in [0.2, 0.25) is 0 Å². The number of carbonyl (C=O) groups is 2. The molecule has 0 fully saturated rings. The molecular formula is C18H16N4O3. The van der Waals surface area contributed by atoms with E-state index >= 15 is 0 Å². The fraction of sp³-hybridized carbons (Fsp3) is 0.111. The molecule has 2 aromatic carbocycles. The average Bonchev–Trinajstić information content (AvgIpc) is 3.13. The van der Waals surface area contributed by atoms with Crippen LogP contribution in [0.1, 0.15) is 27.8 Å². The molecule has 0 spiro atoms. The van der Waals surface area contributed by atoms with E-state index in [1.807, 2.05) is 30.3 Å². The number of aromatic nitrogens is 3. The van der Waals surface area contributed by atoms with Crippen LogP contribution in [0.5, 0.6) is 0 Å². The highest BCUT2D eigenvalue weighted by Gasteiger charge is 2.12. The maximum atomic E-state index is 12.3. The Morgan fingerprint density at radius 3 is 2.48 bits per heavy atom. The van der Waals surface area contributed by atoms with Gasteiger partial charge in [-0.1, -0.05) is 18.2 Å². The second-order valence-corrected chi connectivity index (χ2v) is 5.11. The number of nitrogens with zero attached hydrogens (tertiary/aromatic N) is 3. The molecule has 1 heterocycles. The van der Waals surface area contributed by atoms with Crippen molar-refractivity contribution in [2.24, 2.45) is 0 Å². The third-order valence-electron chi connectivity index (χ3n) is 3.37. The van der Waals surface area contributed by atoms with Crippen LogP contribution in [0.4, 0.5) is 5.69 Å². The van der Waals surface area contributed by atoms with Crippen molar-refractivity contribution in [1.82, 2.24) is 15.0 Å². The van der Waals surface area contributed by atoms with E-state index < -0.39 is 5.97 Å². The summed E-state index contributed by atoms with van der Waals surface area (Å²) in [5.74, 6) is -0.780. The Balaban J connectivity index is 1.68. The largest absolute Gasteiger partial charge is 0.462 e. The number of amides is 1. The normalized spacial score (nSPS) is 10.3. The van der Waals surface area contributed by atoms with Crippen molar-refractivity contribution in [3.63, 3.8) is 0 Å². The smallest absolute Gasteiger partial charge is 0.338 e. The van der Waals surface area contributed by atoms with Gasteiger partial charge in [0.15, 0.2) is 5.69 Å². The van der Waals surface area contributed by atoms with Gasteiger partial charge in [0.05, 0.1) is 24.1 Å². The zero-order chi connectivity index (χ0) is 17.6. The number of hydrogen-bond donors (Lipinski definition) is 1. The van der Waals surface area contributed by atoms with Gasteiger partial charge in [-0.25, -0.2) is 4.79 Å². The first-order valence-electron chi connectivity index (χ1n) is 7.73. The maximum Gasteiger partial charge on any atom is 0.338 e. The molecule has 3 aromatic rings. The molecule has 0 saturated carbocycles. The van der Waals surface area contributed by atoms with E-state index in [4.69, 9.17) is 4.74 Å². The zero-order valence-corrected chi connectivity index (χ0v) is 13.5. The molecule has 0 aliphatic heterocycles. The molecule has 0 unspecified atom stereocenters. The number of carbonyl (C=O) groups excluding carboxylic acids is 2. The van der Waals surface area contributed by atoms with Crippen LogP contribution in [0.25, 0.3) is 5.69 Å². The molecule has 7 heteroatoms. The highest BCUT2D eigenvalue weighted by atomic mass is 16.5. The lowest BCUT2D eigenvalue weighted by Crippen LogP contribution is -2.13. The highest BCUT2D eigenvalue weighted by Crippen LogP contribution is 2.12. The van der Waals surface area contributed by atoms with Crippen LogP contribution in [0.15, 0.2) is 60.8 Å². The number of para-hydroxylation sites is 1. The van der Waals surface area contributed by atoms with Crippen molar-refractivity contribution in [1.29, 1.82) is 0 Å². The minimum atomic E-state index is -0.397. The fourth-order valence-corrected chi connectivity index (χ4v) is 2.15. The first-order valence-corrected chi connectivity index (χ1v) is 7.73. The lowest BCUT2D eigenvalue weighted by Gasteiger charge is -2.05. The van der Waals surface area contributed by atoms with E-state index in [1.54, 1.807) is 31.2 Å². The zero-order valence-electron chi connectivity index (χ0n) is 13.5. The van der Waals surface area contributed by atoms with Gasteiger partial charge in [-0.05, 0) is 43.3 Å². The summed E-state index contributed by atoms with van der Waals surface area (Å²) in [4.78, 5) is 25.3. The van der Waals surface area contributed by atoms with Gasteiger partial charge in [0.25, 0.3) is 5.91 Å². The highest BCUT2D eigenvalue weighted by molar-refractivity contribution is 6.02. The van der Waals surface area contributed by atoms with Gasteiger partial charge < -0.3 is 10.1 Å². The third kappa shape index (κ3) is 3.89. The van der Waals surface area contributed by atoms with Crippen molar-refractivity contribution in [2.45, 2.75) is 6.92 Å². The number of esters is 1. The lowest BCUT2D eigenvalue weighted by molar-refractivity contribution is 0.0526. The molecule has 0 atom stereocenters. The van der Waals surface area contributed by atoms with Gasteiger partial charge >= 0.3 is 5.97 Å². The van der Waals surface area contributed by atoms with E-state index in [1.165, 1.54) is 11.0 Å². The van der Waals surface area contributed by atoms with Crippen molar-refractivity contribution >= 4 is 17.6 Å². The van der Waals surface area contributed by atoms with Gasteiger partial charge in [-0.2, -0.15) is 9.90 Å². The summed E-state index contributed by atoms with van der Waals surface area (Å²) >= 11 is 0. The second-order valence-electron chi connectivity index (χ2n) is 5.11. The third-order valence-corrected chi connectivity index (χ3v) is 3.37. The number of nitrogens with one attached hydrogen (secondary N) is 1. The summed E-state index contributed by atoms with van der Waals surface area (Å²) < 4.78 is 4.92. The molecule has 0 aliphatic carbocycles. The SMILES string of the molecule is CCOC(=O)c1ccc(NC(=O)c2cnn(-c3ccccc3)n2)cc1. The van der Waals surface area contributed by atoms with E-state index in [-0.39, 0.29) is 11.6 Å². The predicted molar refractivity (Wildman–Crippen MR) is 91.7 cm³/mol. The number of anilines is 1. The van der Waals surface area contributed by atoms with Crippen LogP contribution in [0.3, 0.4) is 0 Å². The summed E-state index contributed by atoms with van der Waals surface area (Å²) in [5.41, 5.74) is 1.93. The quantitative estimate of drug-likeness (QED) is 0.724. The van der Waals surface area contributed by atoms with Crippen LogP contribution < -0.4 is 5.32 Å². The first-order chi connectivity index (χ1) is 12.2. The number of benzene rings is 2. The molecule has 0 saturated heterocycles. The van der Waals surface area contributed by atoms with Gasteiger partial charge in [0.2, 0.25) is 0 Å². The summed E-state index contributed by atoms with van der Waals surface area (Å²) in [6.45, 7) is 2.06. The number of rotatable bonds is 5. The van der Waals surface area contributed by atoms with E-state index in [0.717, 1.165) is 5.69 Å². The molecule has 1 aromatic heterocycles. The Hall–Kier alpha value is -3.48. The van der Waals surface area contributed by atoms with Crippen molar-refractivity contribution in [3.8, 4) is 5.69 Å². The standard InChI is InChI=1S/C18H16N4O3/c1-2-25-18(24)13-8-10-14(11-9-13)20-17(23)16-12-19-22(21-16)15-6-4-3-5-7-15/h3-12H,2H2,1H3,(H,20,23). The van der Waals surface area contributed by atoms with Crippen molar-refractivity contribution in [3.05, 3.63) is 72.1 Å². The van der Waals surface area contributed by atoms with Gasteiger partial charge in [0.1, 0.15) is 0 Å². The monoisotopic (exact) mass is 336 g/mol. The Labute approximate surface area is 144 Å². The van der Waals surface area contributed by atoms with Crippen LogP contribution in [-0.4, -0.2) is 33.5 Å². The minimum Gasteiger partial charge on any atom is -0.462 e. The molecule has 7 nitrogen and oxygen atoms in total. The van der Waals surface area contributed by atoms with Gasteiger partial charge in [-0.3, -0.25) is 4.79 Å². The average molecular weight is 336 g/mol. The molecule has 1 N–H and O–H groups in total. The second kappa shape index (κ2) is 7.39. The Morgan fingerprint density at radius 1 is 1.08 bits per heavy atom. The van der Waals surface area contributed by atoms with Crippen LogP contribution in [-0.2, 0) is 4.74 Å². The van der Waals surface area contributed by atoms with E-state index in [2.05, 4.69) is 15.5 Å².